The maximum absolute atomic E-state index is 15.4. The number of pyridine rings is 1. The summed E-state index contributed by atoms with van der Waals surface area (Å²) < 4.78 is 182. The maximum atomic E-state index is 15.4. The fourth-order valence-corrected chi connectivity index (χ4v) is 9.04. The molecule has 0 spiro atoms. The Balaban J connectivity index is 1.57. The Morgan fingerprint density at radius 3 is 1.98 bits per heavy atom. The van der Waals surface area contributed by atoms with Crippen LogP contribution in [0.15, 0.2) is 79.8 Å². The lowest BCUT2D eigenvalue weighted by Gasteiger charge is -2.48. The van der Waals surface area contributed by atoms with E-state index in [1.807, 2.05) is 22.1 Å². The molecule has 54 heavy (non-hydrogen) atoms. The predicted molar refractivity (Wildman–Crippen MR) is 173 cm³/mol. The van der Waals surface area contributed by atoms with E-state index in [0.717, 1.165) is 21.8 Å². The minimum atomic E-state index is -6.52. The lowest BCUT2D eigenvalue weighted by atomic mass is 9.74. The molecule has 0 saturated carbocycles. The fourth-order valence-electron chi connectivity index (χ4n) is 9.04. The van der Waals surface area contributed by atoms with Crippen LogP contribution < -0.4 is 4.57 Å². The van der Waals surface area contributed by atoms with Crippen molar-refractivity contribution in [2.45, 2.75) is 69.0 Å². The molecule has 4 aromatic rings. The van der Waals surface area contributed by atoms with Gasteiger partial charge in [-0.2, -0.15) is 57.3 Å². The molecule has 0 saturated heterocycles. The lowest BCUT2D eigenvalue weighted by Crippen LogP contribution is -2.53. The highest BCUT2D eigenvalue weighted by molar-refractivity contribution is 5.79. The first-order valence-electron chi connectivity index (χ1n) is 16.9. The number of hydrogen-bond donors (Lipinski definition) is 0. The molecule has 0 amide bonds. The third kappa shape index (κ3) is 5.39. The van der Waals surface area contributed by atoms with Crippen LogP contribution in [0, 0.1) is 6.92 Å². The van der Waals surface area contributed by atoms with E-state index in [0.29, 0.717) is 29.7 Å². The number of benzene rings is 3. The maximum Gasteiger partial charge on any atom is 0.417 e. The van der Waals surface area contributed by atoms with Crippen molar-refractivity contribution in [2.75, 3.05) is 6.54 Å². The van der Waals surface area contributed by atoms with Gasteiger partial charge in [0.2, 0.25) is 11.4 Å². The molecule has 0 fully saturated rings. The number of halogens is 12. The molecule has 0 N–H and O–H groups in total. The number of alkyl halides is 12. The largest absolute Gasteiger partial charge is 0.417 e. The van der Waals surface area contributed by atoms with Gasteiger partial charge in [-0.3, -0.25) is 0 Å². The molecule has 4 aliphatic rings. The van der Waals surface area contributed by atoms with Crippen molar-refractivity contribution in [3.05, 3.63) is 130 Å². The first-order chi connectivity index (χ1) is 25.2. The van der Waals surface area contributed by atoms with Gasteiger partial charge < -0.3 is 9.80 Å². The summed E-state index contributed by atoms with van der Waals surface area (Å²) in [5.74, 6) is -0.848. The zero-order valence-corrected chi connectivity index (χ0v) is 28.1. The van der Waals surface area contributed by atoms with E-state index >= 15 is 26.3 Å². The van der Waals surface area contributed by atoms with Gasteiger partial charge in [0.15, 0.2) is 6.20 Å². The first kappa shape index (κ1) is 36.0. The van der Waals surface area contributed by atoms with Gasteiger partial charge in [-0.05, 0) is 60.6 Å². The van der Waals surface area contributed by atoms with Crippen LogP contribution in [0.4, 0.5) is 52.7 Å². The molecule has 1 aromatic heterocycles. The molecule has 0 bridgehead atoms. The lowest BCUT2D eigenvalue weighted by molar-refractivity contribution is -0.574. The summed E-state index contributed by atoms with van der Waals surface area (Å²) in [5.41, 5.74) is -13.2. The summed E-state index contributed by atoms with van der Waals surface area (Å²) in [5, 5.41) is 0. The van der Waals surface area contributed by atoms with Gasteiger partial charge >= 0.3 is 24.7 Å². The van der Waals surface area contributed by atoms with Gasteiger partial charge in [0.1, 0.15) is 12.2 Å². The Morgan fingerprint density at radius 1 is 0.722 bits per heavy atom. The van der Waals surface area contributed by atoms with E-state index in [1.54, 1.807) is 55.6 Å². The first-order valence-corrected chi connectivity index (χ1v) is 16.9. The van der Waals surface area contributed by atoms with Gasteiger partial charge in [-0.1, -0.05) is 48.5 Å². The summed E-state index contributed by atoms with van der Waals surface area (Å²) in [7, 11) is 0. The van der Waals surface area contributed by atoms with Crippen LogP contribution in [0.25, 0.3) is 28.1 Å². The highest BCUT2D eigenvalue weighted by atomic mass is 19.4. The van der Waals surface area contributed by atoms with Crippen LogP contribution >= 0.6 is 0 Å². The fraction of sp³-hybridized carbons (Fsp3) is 0.308. The molecule has 4 aliphatic heterocycles. The number of fused-ring (bicyclic) bond motifs is 6. The average molecular weight is 767 g/mol. The molecule has 3 aromatic carbocycles. The molecule has 3 atom stereocenters. The Hall–Kier alpha value is -4.95. The number of aryl methyl sites for hydroxylation is 1. The number of nitrogens with zero attached hydrogens (tertiary/aromatic N) is 3. The van der Waals surface area contributed by atoms with Crippen molar-refractivity contribution in [1.82, 2.24) is 9.80 Å². The number of aromatic nitrogens is 1. The van der Waals surface area contributed by atoms with Crippen LogP contribution in [-0.2, 0) is 37.5 Å². The van der Waals surface area contributed by atoms with Crippen LogP contribution in [0.5, 0.6) is 0 Å². The van der Waals surface area contributed by atoms with Crippen molar-refractivity contribution in [3.8, 4) is 22.4 Å². The van der Waals surface area contributed by atoms with E-state index < -0.39 is 94.7 Å². The molecule has 15 heteroatoms. The zero-order chi connectivity index (χ0) is 38.9. The second-order valence-electron chi connectivity index (χ2n) is 13.9. The normalized spacial score (nSPS) is 20.8. The highest BCUT2D eigenvalue weighted by Crippen LogP contribution is 2.58. The topological polar surface area (TPSA) is 10.4 Å². The Kier molecular flexibility index (Phi) is 7.86. The Labute approximate surface area is 300 Å². The quantitative estimate of drug-likeness (QED) is 0.141. The molecule has 0 aliphatic carbocycles. The Bertz CT molecular complexity index is 2250. The summed E-state index contributed by atoms with van der Waals surface area (Å²) in [6.07, 6.45) is -21.9. The molecular weight excluding hydrogens is 738 g/mol. The monoisotopic (exact) mass is 766 g/mol. The third-order valence-corrected chi connectivity index (χ3v) is 11.0. The molecule has 0 radical (unpaired) electrons. The van der Waals surface area contributed by atoms with Crippen molar-refractivity contribution >= 4 is 5.70 Å². The van der Waals surface area contributed by atoms with Crippen LogP contribution in [0.3, 0.4) is 0 Å². The highest BCUT2D eigenvalue weighted by Gasteiger charge is 2.59. The second kappa shape index (κ2) is 11.8. The molecular formula is C39H28F12N3+. The van der Waals surface area contributed by atoms with Crippen molar-refractivity contribution < 1.29 is 57.3 Å². The van der Waals surface area contributed by atoms with Crippen LogP contribution in [-0.4, -0.2) is 22.4 Å². The van der Waals surface area contributed by atoms with E-state index in [-0.39, 0.29) is 11.3 Å². The number of rotatable bonds is 1. The summed E-state index contributed by atoms with van der Waals surface area (Å²) in [6, 6.07) is 13.4. The smallest absolute Gasteiger partial charge is 0.352 e. The van der Waals surface area contributed by atoms with Crippen LogP contribution in [0.1, 0.15) is 68.6 Å². The van der Waals surface area contributed by atoms with Gasteiger partial charge in [0.25, 0.3) is 0 Å². The minimum Gasteiger partial charge on any atom is -0.352 e. The van der Waals surface area contributed by atoms with Gasteiger partial charge in [0, 0.05) is 42.1 Å². The van der Waals surface area contributed by atoms with Gasteiger partial charge in [-0.15, -0.1) is 0 Å². The molecule has 282 valence electrons. The molecule has 5 heterocycles. The number of hydrogen-bond acceptors (Lipinski definition) is 2. The third-order valence-electron chi connectivity index (χ3n) is 11.0. The second-order valence-corrected chi connectivity index (χ2v) is 13.9. The van der Waals surface area contributed by atoms with E-state index in [1.165, 1.54) is 6.20 Å². The summed E-state index contributed by atoms with van der Waals surface area (Å²) in [4.78, 5) is 3.91. The van der Waals surface area contributed by atoms with Crippen molar-refractivity contribution in [1.29, 1.82) is 0 Å². The SMILES string of the molecule is C=C1C2C(CCc3c(c(C(F)(F)F)c(C(F)(F)F)c(C(F)(F)F)c3C(F)(F)F)-c3cc(-c4ccccc4)c(C)c[n+]31)c1cccc3c1C1N(C=CN21)CC3. The standard InChI is InChI=1S/C39H28F12N3/c1-19-18-54-20(2)34-24(23-10-6-9-22-13-14-52-15-16-53(34)35(52)28(22)23)11-12-25-29(27(54)17-26(19)21-7-4-3-5-8-21)31(37(43,44)45)33(39(49,50)51)32(38(46,47)48)30(25)36(40,41)42/h3-10,15-18,24,34-35H,2,11-14H2,1H3/q+1. The van der Waals surface area contributed by atoms with Crippen molar-refractivity contribution in [3.63, 3.8) is 0 Å². The van der Waals surface area contributed by atoms with E-state index in [4.69, 9.17) is 0 Å². The minimum absolute atomic E-state index is 0.0221. The van der Waals surface area contributed by atoms with Gasteiger partial charge in [0.05, 0.1) is 27.8 Å². The summed E-state index contributed by atoms with van der Waals surface area (Å²) >= 11 is 0. The summed E-state index contributed by atoms with van der Waals surface area (Å²) in [6.45, 7) is 6.41. The molecule has 8 rings (SSSR count). The molecule has 3 unspecified atom stereocenters. The van der Waals surface area contributed by atoms with E-state index in [9.17, 15) is 26.3 Å². The van der Waals surface area contributed by atoms with Gasteiger partial charge in [-0.25, -0.2) is 0 Å². The van der Waals surface area contributed by atoms with Crippen LogP contribution in [0.2, 0.25) is 0 Å². The predicted octanol–water partition coefficient (Wildman–Crippen LogP) is 10.9. The average Bonchev–Trinajstić information content (AvgIpc) is 3.53. The van der Waals surface area contributed by atoms with E-state index in [2.05, 4.69) is 6.58 Å². The molecule has 3 nitrogen and oxygen atoms in total. The Morgan fingerprint density at radius 2 is 1.35 bits per heavy atom. The zero-order valence-electron chi connectivity index (χ0n) is 28.1. The van der Waals surface area contributed by atoms with Crippen molar-refractivity contribution in [2.24, 2.45) is 0 Å².